The molecule has 1 aromatic heterocycles. The Kier molecular flexibility index (Phi) is 4.07. The van der Waals surface area contributed by atoms with Crippen LogP contribution in [0.15, 0.2) is 48.5 Å². The first-order valence-corrected chi connectivity index (χ1v) is 10.4. The van der Waals surface area contributed by atoms with E-state index in [1.807, 2.05) is 11.3 Å². The Hall–Kier alpha value is -2.10. The minimum atomic E-state index is 0.588. The molecule has 5 rings (SSSR count). The van der Waals surface area contributed by atoms with E-state index in [1.165, 1.54) is 63.3 Å². The van der Waals surface area contributed by atoms with E-state index in [2.05, 4.69) is 71.9 Å². The number of fused-ring (bicyclic) bond motifs is 2. The largest absolute Gasteiger partial charge is 0.382 e. The summed E-state index contributed by atoms with van der Waals surface area (Å²) in [5.74, 6) is 0. The van der Waals surface area contributed by atoms with Gasteiger partial charge in [0.25, 0.3) is 0 Å². The van der Waals surface area contributed by atoms with Crippen LogP contribution >= 0.6 is 11.3 Å². The predicted molar refractivity (Wildman–Crippen MR) is 114 cm³/mol. The molecule has 0 amide bonds. The van der Waals surface area contributed by atoms with E-state index in [0.717, 1.165) is 6.42 Å². The molecule has 0 saturated carbocycles. The van der Waals surface area contributed by atoms with Crippen molar-refractivity contribution in [2.75, 3.05) is 25.5 Å². The van der Waals surface area contributed by atoms with Crippen LogP contribution in [0.5, 0.6) is 0 Å². The summed E-state index contributed by atoms with van der Waals surface area (Å²) in [7, 11) is 2.22. The SMILES string of the molecule is CN1CCC(Nc2cc3c(c(-c4cc5ccccc5s4)c2)CC=C3)CC1. The minimum Gasteiger partial charge on any atom is -0.382 e. The van der Waals surface area contributed by atoms with Crippen molar-refractivity contribution in [2.45, 2.75) is 25.3 Å². The van der Waals surface area contributed by atoms with E-state index in [4.69, 9.17) is 0 Å². The van der Waals surface area contributed by atoms with Crippen LogP contribution in [0.3, 0.4) is 0 Å². The maximum Gasteiger partial charge on any atom is 0.0359 e. The summed E-state index contributed by atoms with van der Waals surface area (Å²) in [6.45, 7) is 2.37. The second-order valence-electron chi connectivity index (χ2n) is 7.57. The van der Waals surface area contributed by atoms with Gasteiger partial charge in [0.15, 0.2) is 0 Å². The zero-order chi connectivity index (χ0) is 17.5. The third kappa shape index (κ3) is 2.95. The highest BCUT2D eigenvalue weighted by molar-refractivity contribution is 7.22. The number of allylic oxidation sites excluding steroid dienone is 1. The second-order valence-corrected chi connectivity index (χ2v) is 8.65. The zero-order valence-corrected chi connectivity index (χ0v) is 16.0. The van der Waals surface area contributed by atoms with Gasteiger partial charge in [0.05, 0.1) is 0 Å². The van der Waals surface area contributed by atoms with Gasteiger partial charge >= 0.3 is 0 Å². The molecule has 2 aromatic carbocycles. The number of nitrogens with one attached hydrogen (secondary N) is 1. The Balaban J connectivity index is 1.52. The van der Waals surface area contributed by atoms with Gasteiger partial charge in [0.2, 0.25) is 0 Å². The molecule has 1 saturated heterocycles. The number of piperidine rings is 1. The molecule has 2 heterocycles. The quantitative estimate of drug-likeness (QED) is 0.650. The summed E-state index contributed by atoms with van der Waals surface area (Å²) >= 11 is 1.91. The molecule has 132 valence electrons. The van der Waals surface area contributed by atoms with Gasteiger partial charge in [0, 0.05) is 21.3 Å². The molecule has 0 spiro atoms. The molecule has 2 aliphatic rings. The summed E-state index contributed by atoms with van der Waals surface area (Å²) in [5.41, 5.74) is 5.54. The van der Waals surface area contributed by atoms with Gasteiger partial charge in [-0.3, -0.25) is 0 Å². The highest BCUT2D eigenvalue weighted by atomic mass is 32.1. The molecule has 3 heteroatoms. The number of rotatable bonds is 3. The molecular formula is C23H24N2S. The fourth-order valence-corrected chi connectivity index (χ4v) is 5.29. The summed E-state index contributed by atoms with van der Waals surface area (Å²) in [4.78, 5) is 3.81. The van der Waals surface area contributed by atoms with Gasteiger partial charge in [-0.2, -0.15) is 0 Å². The minimum absolute atomic E-state index is 0.588. The lowest BCUT2D eigenvalue weighted by atomic mass is 9.98. The van der Waals surface area contributed by atoms with Crippen LogP contribution in [0.2, 0.25) is 0 Å². The van der Waals surface area contributed by atoms with Gasteiger partial charge in [0.1, 0.15) is 0 Å². The lowest BCUT2D eigenvalue weighted by Gasteiger charge is -2.30. The fourth-order valence-electron chi connectivity index (χ4n) is 4.18. The number of nitrogens with zero attached hydrogens (tertiary/aromatic N) is 1. The second kappa shape index (κ2) is 6.57. The molecule has 0 atom stereocenters. The average Bonchev–Trinajstić information content (AvgIpc) is 3.29. The number of anilines is 1. The van der Waals surface area contributed by atoms with Crippen molar-refractivity contribution in [1.82, 2.24) is 4.90 Å². The molecule has 0 radical (unpaired) electrons. The average molecular weight is 361 g/mol. The highest BCUT2D eigenvalue weighted by Crippen LogP contribution is 2.40. The van der Waals surface area contributed by atoms with E-state index in [-0.39, 0.29) is 0 Å². The van der Waals surface area contributed by atoms with Crippen molar-refractivity contribution >= 4 is 33.2 Å². The highest BCUT2D eigenvalue weighted by Gasteiger charge is 2.19. The van der Waals surface area contributed by atoms with Crippen LogP contribution in [0.1, 0.15) is 24.0 Å². The van der Waals surface area contributed by atoms with Gasteiger partial charge < -0.3 is 10.2 Å². The van der Waals surface area contributed by atoms with Crippen molar-refractivity contribution in [3.63, 3.8) is 0 Å². The Labute approximate surface area is 159 Å². The molecule has 0 unspecified atom stereocenters. The van der Waals surface area contributed by atoms with Crippen LogP contribution in [0, 0.1) is 0 Å². The van der Waals surface area contributed by atoms with Crippen molar-refractivity contribution < 1.29 is 0 Å². The maximum absolute atomic E-state index is 3.82. The smallest absolute Gasteiger partial charge is 0.0359 e. The van der Waals surface area contributed by atoms with Crippen molar-refractivity contribution in [3.8, 4) is 10.4 Å². The normalized spacial score (nSPS) is 17.7. The maximum atomic E-state index is 3.82. The Bertz CT molecular complexity index is 944. The third-order valence-electron chi connectivity index (χ3n) is 5.68. The number of hydrogen-bond donors (Lipinski definition) is 1. The Morgan fingerprint density at radius 1 is 1.08 bits per heavy atom. The predicted octanol–water partition coefficient (Wildman–Crippen LogP) is 5.64. The Morgan fingerprint density at radius 3 is 2.77 bits per heavy atom. The first kappa shape index (κ1) is 16.1. The van der Waals surface area contributed by atoms with E-state index >= 15 is 0 Å². The molecule has 1 aliphatic heterocycles. The standard InChI is InChI=1S/C23H24N2S/c1-25-11-9-18(10-12-25)24-19-13-16-6-4-7-20(16)21(15-19)23-14-17-5-2-3-8-22(17)26-23/h2-6,8,13-15,18,24H,7,9-12H2,1H3. The summed E-state index contributed by atoms with van der Waals surface area (Å²) in [6, 6.07) is 16.4. The van der Waals surface area contributed by atoms with Gasteiger partial charge in [-0.15, -0.1) is 11.3 Å². The zero-order valence-electron chi connectivity index (χ0n) is 15.2. The number of benzene rings is 2. The van der Waals surface area contributed by atoms with Gasteiger partial charge in [-0.1, -0.05) is 30.4 Å². The van der Waals surface area contributed by atoms with Crippen LogP contribution in [0.25, 0.3) is 26.6 Å². The monoisotopic (exact) mass is 360 g/mol. The topological polar surface area (TPSA) is 15.3 Å². The van der Waals surface area contributed by atoms with E-state index in [9.17, 15) is 0 Å². The third-order valence-corrected chi connectivity index (χ3v) is 6.83. The summed E-state index contributed by atoms with van der Waals surface area (Å²) < 4.78 is 1.37. The molecular weight excluding hydrogens is 336 g/mol. The van der Waals surface area contributed by atoms with Crippen LogP contribution < -0.4 is 5.32 Å². The number of thiophene rings is 1. The van der Waals surface area contributed by atoms with Crippen molar-refractivity contribution in [2.24, 2.45) is 0 Å². The molecule has 2 nitrogen and oxygen atoms in total. The fraction of sp³-hybridized carbons (Fsp3) is 0.304. The Morgan fingerprint density at radius 2 is 1.92 bits per heavy atom. The summed E-state index contributed by atoms with van der Waals surface area (Å²) in [5, 5.41) is 5.17. The van der Waals surface area contributed by atoms with Crippen LogP contribution in [0.4, 0.5) is 5.69 Å². The van der Waals surface area contributed by atoms with E-state index < -0.39 is 0 Å². The first-order valence-electron chi connectivity index (χ1n) is 9.54. The van der Waals surface area contributed by atoms with Gasteiger partial charge in [-0.05, 0) is 85.7 Å². The molecule has 3 aromatic rings. The lowest BCUT2D eigenvalue weighted by Crippen LogP contribution is -2.36. The van der Waals surface area contributed by atoms with E-state index in [0.29, 0.717) is 6.04 Å². The van der Waals surface area contributed by atoms with Crippen molar-refractivity contribution in [3.05, 3.63) is 59.7 Å². The number of likely N-dealkylation sites (tertiary alicyclic amines) is 1. The van der Waals surface area contributed by atoms with Gasteiger partial charge in [-0.25, -0.2) is 0 Å². The van der Waals surface area contributed by atoms with Crippen LogP contribution in [-0.2, 0) is 6.42 Å². The first-order chi connectivity index (χ1) is 12.8. The summed E-state index contributed by atoms with van der Waals surface area (Å²) in [6.07, 6.45) is 8.07. The number of hydrogen-bond acceptors (Lipinski definition) is 3. The molecule has 0 bridgehead atoms. The van der Waals surface area contributed by atoms with Crippen LogP contribution in [-0.4, -0.2) is 31.1 Å². The van der Waals surface area contributed by atoms with E-state index in [1.54, 1.807) is 0 Å². The van der Waals surface area contributed by atoms with Crippen molar-refractivity contribution in [1.29, 1.82) is 0 Å². The molecule has 1 aliphatic carbocycles. The molecule has 1 N–H and O–H groups in total. The molecule has 26 heavy (non-hydrogen) atoms. The lowest BCUT2D eigenvalue weighted by molar-refractivity contribution is 0.264. The molecule has 1 fully saturated rings.